The van der Waals surface area contributed by atoms with Crippen LogP contribution in [0.15, 0.2) is 36.7 Å². The third kappa shape index (κ3) is 6.07. The summed E-state index contributed by atoms with van der Waals surface area (Å²) in [5.41, 5.74) is -0.372. The van der Waals surface area contributed by atoms with E-state index in [0.717, 1.165) is 50.1 Å². The van der Waals surface area contributed by atoms with Crippen molar-refractivity contribution in [3.8, 4) is 11.1 Å². The first-order chi connectivity index (χ1) is 15.4. The van der Waals surface area contributed by atoms with E-state index < -0.39 is 37.6 Å². The number of hydrogen-bond donors (Lipinski definition) is 0. The Morgan fingerprint density at radius 2 is 1.69 bits per heavy atom. The molecule has 3 rings (SSSR count). The lowest BCUT2D eigenvalue weighted by molar-refractivity contribution is 0.192. The van der Waals surface area contributed by atoms with Gasteiger partial charge in [-0.05, 0) is 60.6 Å². The zero-order valence-corrected chi connectivity index (χ0v) is 19.2. The first kappa shape index (κ1) is 24.6. The van der Waals surface area contributed by atoms with E-state index in [-0.39, 0.29) is 23.4 Å². The Kier molecular flexibility index (Phi) is 9.05. The van der Waals surface area contributed by atoms with E-state index in [1.807, 2.05) is 0 Å². The Hall–Kier alpha value is -1.99. The van der Waals surface area contributed by atoms with Crippen LogP contribution in [0.2, 0.25) is 18.1 Å². The molecule has 2 aromatic carbocycles. The van der Waals surface area contributed by atoms with Crippen molar-refractivity contribution in [2.45, 2.75) is 56.2 Å². The van der Waals surface area contributed by atoms with E-state index in [2.05, 4.69) is 0 Å². The van der Waals surface area contributed by atoms with Gasteiger partial charge in [0, 0.05) is 28.1 Å². The molecule has 2 aromatic rings. The summed E-state index contributed by atoms with van der Waals surface area (Å²) < 4.78 is 74.5. The molecule has 0 atom stereocenters. The van der Waals surface area contributed by atoms with Crippen molar-refractivity contribution in [2.75, 3.05) is 13.7 Å². The van der Waals surface area contributed by atoms with E-state index in [0.29, 0.717) is 5.56 Å². The Labute approximate surface area is 187 Å². The van der Waals surface area contributed by atoms with Gasteiger partial charge in [0.15, 0.2) is 5.83 Å². The molecule has 0 bridgehead atoms. The average molecular weight is 468 g/mol. The van der Waals surface area contributed by atoms with Gasteiger partial charge in [0.1, 0.15) is 23.8 Å². The Morgan fingerprint density at radius 1 is 1.00 bits per heavy atom. The second-order valence-electron chi connectivity index (χ2n) is 8.34. The molecule has 0 unspecified atom stereocenters. The number of halogens is 5. The third-order valence-corrected chi connectivity index (χ3v) is 9.27. The Bertz CT molecular complexity index is 915. The van der Waals surface area contributed by atoms with Gasteiger partial charge < -0.3 is 4.74 Å². The first-order valence-electron chi connectivity index (χ1n) is 11.0. The molecule has 0 spiro atoms. The van der Waals surface area contributed by atoms with E-state index in [9.17, 15) is 22.0 Å². The minimum atomic E-state index is -1.38. The Balaban J connectivity index is 1.66. The van der Waals surface area contributed by atoms with Crippen molar-refractivity contribution in [1.82, 2.24) is 0 Å². The molecule has 32 heavy (non-hydrogen) atoms. The maximum atomic E-state index is 14.8. The van der Waals surface area contributed by atoms with Crippen LogP contribution in [0.25, 0.3) is 17.0 Å². The number of benzene rings is 2. The molecule has 1 fully saturated rings. The second kappa shape index (κ2) is 11.7. The van der Waals surface area contributed by atoms with Crippen LogP contribution in [0.1, 0.15) is 49.1 Å². The predicted molar refractivity (Wildman–Crippen MR) is 120 cm³/mol. The van der Waals surface area contributed by atoms with Crippen LogP contribution in [0.5, 0.6) is 0 Å². The summed E-state index contributed by atoms with van der Waals surface area (Å²) in [5.74, 6) is -3.89. The maximum Gasteiger partial charge on any atom is 0.161 e. The average Bonchev–Trinajstić information content (AvgIpc) is 2.78. The number of methoxy groups -OCH3 is 1. The fraction of sp³-hybridized carbons (Fsp3) is 0.440. The molecule has 1 aliphatic heterocycles. The van der Waals surface area contributed by atoms with Crippen molar-refractivity contribution < 1.29 is 26.7 Å². The normalized spacial score (nSPS) is 16.0. The highest BCUT2D eigenvalue weighted by atomic mass is 28.3. The van der Waals surface area contributed by atoms with Crippen molar-refractivity contribution >= 4 is 14.6 Å². The van der Waals surface area contributed by atoms with Crippen LogP contribution in [-0.4, -0.2) is 22.5 Å². The van der Waals surface area contributed by atoms with Crippen LogP contribution >= 0.6 is 0 Å². The van der Waals surface area contributed by atoms with Crippen molar-refractivity contribution in [3.63, 3.8) is 0 Å². The summed E-state index contributed by atoms with van der Waals surface area (Å²) in [6.45, 7) is 0.805. The minimum absolute atomic E-state index is 0.0536. The van der Waals surface area contributed by atoms with Gasteiger partial charge in [-0.15, -0.1) is 0 Å². The molecule has 0 saturated carbocycles. The Morgan fingerprint density at radius 3 is 2.28 bits per heavy atom. The number of ether oxygens (including phenoxy) is 1. The molecule has 0 aliphatic carbocycles. The van der Waals surface area contributed by atoms with Crippen molar-refractivity contribution in [2.24, 2.45) is 0 Å². The molecule has 0 amide bonds. The van der Waals surface area contributed by atoms with Gasteiger partial charge in [0.05, 0.1) is 5.56 Å². The SMILES string of the molecule is COCCCCC[Si]1CCC(c2cc(F)c(-c3ccc(/C(F)=C/F)c(F)c3)c(F)c2)CC1. The molecule has 1 heterocycles. The van der Waals surface area contributed by atoms with Crippen molar-refractivity contribution in [1.29, 1.82) is 0 Å². The molecule has 1 nitrogen and oxygen atoms in total. The van der Waals surface area contributed by atoms with Gasteiger partial charge in [-0.1, -0.05) is 37.0 Å². The number of hydrogen-bond acceptors (Lipinski definition) is 1. The van der Waals surface area contributed by atoms with Crippen LogP contribution in [0.3, 0.4) is 0 Å². The summed E-state index contributed by atoms with van der Waals surface area (Å²) in [7, 11) is 1.32. The third-order valence-electron chi connectivity index (χ3n) is 6.22. The molecule has 1 aliphatic rings. The summed E-state index contributed by atoms with van der Waals surface area (Å²) >= 11 is 0. The highest BCUT2D eigenvalue weighted by molar-refractivity contribution is 6.59. The molecule has 173 valence electrons. The van der Waals surface area contributed by atoms with E-state index in [4.69, 9.17) is 4.74 Å². The summed E-state index contributed by atoms with van der Waals surface area (Å²) in [4.78, 5) is 0. The monoisotopic (exact) mass is 467 g/mol. The standard InChI is InChI=1S/C25H28F5OSi/c1-31-9-3-2-4-10-32-11-7-17(8-12-32)19-14-22(28)25(23(29)15-19)18-5-6-20(21(27)13-18)24(30)16-26/h5-6,13-17H,2-4,7-12H2,1H3/b24-16-. The lowest BCUT2D eigenvalue weighted by Gasteiger charge is -2.28. The van der Waals surface area contributed by atoms with Gasteiger partial charge in [-0.25, -0.2) is 22.0 Å². The summed E-state index contributed by atoms with van der Waals surface area (Å²) in [5, 5.41) is 0. The van der Waals surface area contributed by atoms with Gasteiger partial charge in [-0.3, -0.25) is 0 Å². The topological polar surface area (TPSA) is 9.23 Å². The number of rotatable bonds is 9. The maximum absolute atomic E-state index is 14.8. The summed E-state index contributed by atoms with van der Waals surface area (Å²) in [6, 6.07) is 9.21. The van der Waals surface area contributed by atoms with Crippen LogP contribution in [-0.2, 0) is 4.74 Å². The minimum Gasteiger partial charge on any atom is -0.385 e. The van der Waals surface area contributed by atoms with Gasteiger partial charge in [0.2, 0.25) is 0 Å². The molecular weight excluding hydrogens is 439 g/mol. The molecule has 1 radical (unpaired) electrons. The fourth-order valence-electron chi connectivity index (χ4n) is 4.43. The van der Waals surface area contributed by atoms with E-state index in [1.54, 1.807) is 7.11 Å². The van der Waals surface area contributed by atoms with Crippen LogP contribution in [0.4, 0.5) is 22.0 Å². The molecular formula is C25H28F5OSi. The highest BCUT2D eigenvalue weighted by Gasteiger charge is 2.25. The number of unbranched alkanes of at least 4 members (excludes halogenated alkanes) is 2. The molecule has 7 heteroatoms. The van der Waals surface area contributed by atoms with E-state index in [1.165, 1.54) is 37.1 Å². The molecule has 0 N–H and O–H groups in total. The largest absolute Gasteiger partial charge is 0.385 e. The zero-order valence-electron chi connectivity index (χ0n) is 18.2. The quantitative estimate of drug-likeness (QED) is 0.205. The summed E-state index contributed by atoms with van der Waals surface area (Å²) in [6.07, 6.45) is 5.01. The fourth-order valence-corrected chi connectivity index (χ4v) is 7.45. The molecule has 0 aromatic heterocycles. The second-order valence-corrected chi connectivity index (χ2v) is 11.3. The predicted octanol–water partition coefficient (Wildman–Crippen LogP) is 8.20. The van der Waals surface area contributed by atoms with E-state index >= 15 is 0 Å². The highest BCUT2D eigenvalue weighted by Crippen LogP contribution is 2.38. The zero-order chi connectivity index (χ0) is 23.1. The first-order valence-corrected chi connectivity index (χ1v) is 13.1. The van der Waals surface area contributed by atoms with Crippen molar-refractivity contribution in [3.05, 3.63) is 65.2 Å². The van der Waals surface area contributed by atoms with Gasteiger partial charge in [-0.2, -0.15) is 0 Å². The van der Waals surface area contributed by atoms with Crippen LogP contribution in [0, 0.1) is 17.5 Å². The van der Waals surface area contributed by atoms with Gasteiger partial charge >= 0.3 is 0 Å². The molecule has 1 saturated heterocycles. The van der Waals surface area contributed by atoms with Crippen LogP contribution < -0.4 is 0 Å². The lowest BCUT2D eigenvalue weighted by Crippen LogP contribution is -2.20. The lowest BCUT2D eigenvalue weighted by atomic mass is 9.91. The van der Waals surface area contributed by atoms with Gasteiger partial charge in [0.25, 0.3) is 0 Å². The smallest absolute Gasteiger partial charge is 0.161 e.